The van der Waals surface area contributed by atoms with E-state index >= 15 is 0 Å². The summed E-state index contributed by atoms with van der Waals surface area (Å²) < 4.78 is 12.9. The lowest BCUT2D eigenvalue weighted by Crippen LogP contribution is -1.96. The molecule has 0 radical (unpaired) electrons. The Balaban J connectivity index is 1.20. The second-order valence-corrected chi connectivity index (χ2v) is 12.4. The third-order valence-electron chi connectivity index (χ3n) is 9.40. The lowest BCUT2D eigenvalue weighted by atomic mass is 9.95. The molecule has 0 saturated carbocycles. The molecular formula is C45H27N3O2. The number of rotatable bonds is 5. The van der Waals surface area contributed by atoms with Crippen LogP contribution in [0, 0.1) is 0 Å². The second-order valence-electron chi connectivity index (χ2n) is 12.4. The van der Waals surface area contributed by atoms with Crippen molar-refractivity contribution < 1.29 is 8.83 Å². The third kappa shape index (κ3) is 4.67. The molecular weight excluding hydrogens is 615 g/mol. The minimum atomic E-state index is 0.637. The zero-order chi connectivity index (χ0) is 33.0. The van der Waals surface area contributed by atoms with Gasteiger partial charge in [0.2, 0.25) is 0 Å². The van der Waals surface area contributed by atoms with Gasteiger partial charge in [0.25, 0.3) is 0 Å². The molecule has 0 amide bonds. The number of fused-ring (bicyclic) bond motifs is 6. The van der Waals surface area contributed by atoms with E-state index in [1.54, 1.807) is 6.20 Å². The number of para-hydroxylation sites is 2. The Morgan fingerprint density at radius 2 is 1.10 bits per heavy atom. The van der Waals surface area contributed by atoms with Gasteiger partial charge in [0.1, 0.15) is 22.3 Å². The molecule has 0 N–H and O–H groups in total. The first-order valence-corrected chi connectivity index (χ1v) is 16.6. The van der Waals surface area contributed by atoms with Crippen LogP contribution in [0.4, 0.5) is 0 Å². The molecule has 4 heterocycles. The quantitative estimate of drug-likeness (QED) is 0.187. The van der Waals surface area contributed by atoms with Crippen molar-refractivity contribution in [3.8, 4) is 56.2 Å². The van der Waals surface area contributed by atoms with Crippen LogP contribution in [0.15, 0.2) is 173 Å². The van der Waals surface area contributed by atoms with E-state index in [1.807, 2.05) is 60.8 Å². The van der Waals surface area contributed by atoms with Crippen LogP contribution in [0.3, 0.4) is 0 Å². The molecule has 10 aromatic rings. The summed E-state index contributed by atoms with van der Waals surface area (Å²) in [5.41, 5.74) is 12.1. The summed E-state index contributed by atoms with van der Waals surface area (Å²) in [6.07, 6.45) is 3.66. The maximum absolute atomic E-state index is 6.73. The Kier molecular flexibility index (Phi) is 6.42. The lowest BCUT2D eigenvalue weighted by Gasteiger charge is -2.12. The highest BCUT2D eigenvalue weighted by molar-refractivity contribution is 6.17. The molecule has 0 atom stereocenters. The van der Waals surface area contributed by atoms with Crippen LogP contribution >= 0.6 is 0 Å². The predicted octanol–water partition coefficient (Wildman–Crippen LogP) is 12.0. The standard InChI is InChI=1S/C45H27N3O2/c1-2-10-28(11-3-1)38-26-39(48-45(47-38)31-13-8-12-29(24-31)32-14-9-23-46-27-32)35-21-20-33(43-36-16-5-7-18-41(36)50-44(35)43)30-19-22-42-37(25-30)34-15-4-6-17-40(34)49-42/h1-27H. The fourth-order valence-corrected chi connectivity index (χ4v) is 7.01. The highest BCUT2D eigenvalue weighted by Gasteiger charge is 2.20. The van der Waals surface area contributed by atoms with Crippen molar-refractivity contribution in [3.63, 3.8) is 0 Å². The second kappa shape index (κ2) is 11.4. The van der Waals surface area contributed by atoms with Gasteiger partial charge < -0.3 is 8.83 Å². The minimum Gasteiger partial charge on any atom is -0.456 e. The van der Waals surface area contributed by atoms with Gasteiger partial charge in [0.15, 0.2) is 5.82 Å². The van der Waals surface area contributed by atoms with Gasteiger partial charge in [-0.05, 0) is 65.2 Å². The van der Waals surface area contributed by atoms with E-state index in [-0.39, 0.29) is 0 Å². The van der Waals surface area contributed by atoms with Crippen LogP contribution < -0.4 is 0 Å². The van der Waals surface area contributed by atoms with Gasteiger partial charge in [-0.15, -0.1) is 0 Å². The molecule has 0 unspecified atom stereocenters. The third-order valence-corrected chi connectivity index (χ3v) is 9.40. The van der Waals surface area contributed by atoms with Crippen molar-refractivity contribution in [3.05, 3.63) is 164 Å². The Morgan fingerprint density at radius 1 is 0.400 bits per heavy atom. The van der Waals surface area contributed by atoms with Gasteiger partial charge in [0, 0.05) is 56.2 Å². The summed E-state index contributed by atoms with van der Waals surface area (Å²) >= 11 is 0. The number of furan rings is 2. The van der Waals surface area contributed by atoms with E-state index in [0.29, 0.717) is 5.82 Å². The largest absolute Gasteiger partial charge is 0.456 e. The van der Waals surface area contributed by atoms with Crippen LogP contribution in [0.25, 0.3) is 100 Å². The summed E-state index contributed by atoms with van der Waals surface area (Å²) in [6.45, 7) is 0. The number of hydrogen-bond donors (Lipinski definition) is 0. The van der Waals surface area contributed by atoms with E-state index < -0.39 is 0 Å². The molecule has 4 aromatic heterocycles. The molecule has 0 saturated heterocycles. The van der Waals surface area contributed by atoms with Crippen LogP contribution in [-0.2, 0) is 0 Å². The lowest BCUT2D eigenvalue weighted by molar-refractivity contribution is 0.669. The summed E-state index contributed by atoms with van der Waals surface area (Å²) in [5.74, 6) is 0.637. The van der Waals surface area contributed by atoms with Crippen molar-refractivity contribution in [2.75, 3.05) is 0 Å². The number of nitrogens with zero attached hydrogens (tertiary/aromatic N) is 3. The van der Waals surface area contributed by atoms with E-state index in [4.69, 9.17) is 18.8 Å². The molecule has 0 fully saturated rings. The molecule has 6 aromatic carbocycles. The zero-order valence-corrected chi connectivity index (χ0v) is 26.7. The van der Waals surface area contributed by atoms with E-state index in [1.165, 1.54) is 0 Å². The normalized spacial score (nSPS) is 11.6. The number of pyridine rings is 1. The van der Waals surface area contributed by atoms with Crippen molar-refractivity contribution in [2.24, 2.45) is 0 Å². The molecule has 234 valence electrons. The van der Waals surface area contributed by atoms with Gasteiger partial charge in [-0.3, -0.25) is 4.98 Å². The van der Waals surface area contributed by atoms with E-state index in [2.05, 4.69) is 102 Å². The minimum absolute atomic E-state index is 0.637. The molecule has 0 aliphatic heterocycles. The SMILES string of the molecule is c1ccc(-c2cc(-c3ccc(-c4ccc5oc6ccccc6c5c4)c4c3oc3ccccc34)nc(-c3cccc(-c4cccnc4)c3)n2)cc1. The summed E-state index contributed by atoms with van der Waals surface area (Å²) in [6, 6.07) is 51.8. The highest BCUT2D eigenvalue weighted by Crippen LogP contribution is 2.43. The molecule has 10 rings (SSSR count). The van der Waals surface area contributed by atoms with Gasteiger partial charge in [-0.1, -0.05) is 103 Å². The Bertz CT molecular complexity index is 2870. The smallest absolute Gasteiger partial charge is 0.160 e. The predicted molar refractivity (Wildman–Crippen MR) is 202 cm³/mol. The molecule has 0 spiro atoms. The van der Waals surface area contributed by atoms with Crippen LogP contribution in [0.1, 0.15) is 0 Å². The summed E-state index contributed by atoms with van der Waals surface area (Å²) in [5, 5.41) is 4.29. The number of benzene rings is 6. The maximum Gasteiger partial charge on any atom is 0.160 e. The first-order chi connectivity index (χ1) is 24.8. The molecule has 5 heteroatoms. The van der Waals surface area contributed by atoms with Crippen molar-refractivity contribution in [1.82, 2.24) is 15.0 Å². The van der Waals surface area contributed by atoms with Crippen LogP contribution in [-0.4, -0.2) is 15.0 Å². The topological polar surface area (TPSA) is 65.0 Å². The van der Waals surface area contributed by atoms with Gasteiger partial charge in [-0.2, -0.15) is 0 Å². The number of hydrogen-bond acceptors (Lipinski definition) is 5. The summed E-state index contributed by atoms with van der Waals surface area (Å²) in [7, 11) is 0. The monoisotopic (exact) mass is 641 g/mol. The zero-order valence-electron chi connectivity index (χ0n) is 26.7. The molecule has 50 heavy (non-hydrogen) atoms. The van der Waals surface area contributed by atoms with E-state index in [9.17, 15) is 0 Å². The average Bonchev–Trinajstić information content (AvgIpc) is 3.77. The fraction of sp³-hybridized carbons (Fsp3) is 0. The number of aromatic nitrogens is 3. The molecule has 5 nitrogen and oxygen atoms in total. The van der Waals surface area contributed by atoms with Gasteiger partial charge >= 0.3 is 0 Å². The van der Waals surface area contributed by atoms with Crippen molar-refractivity contribution >= 4 is 43.9 Å². The fourth-order valence-electron chi connectivity index (χ4n) is 7.01. The maximum atomic E-state index is 6.73. The summed E-state index contributed by atoms with van der Waals surface area (Å²) in [4.78, 5) is 14.7. The Morgan fingerprint density at radius 3 is 1.96 bits per heavy atom. The first-order valence-electron chi connectivity index (χ1n) is 16.6. The van der Waals surface area contributed by atoms with Crippen LogP contribution in [0.5, 0.6) is 0 Å². The first kappa shape index (κ1) is 28.2. The Hall–Kier alpha value is -6.85. The van der Waals surface area contributed by atoms with Crippen molar-refractivity contribution in [1.29, 1.82) is 0 Å². The van der Waals surface area contributed by atoms with Crippen molar-refractivity contribution in [2.45, 2.75) is 0 Å². The van der Waals surface area contributed by atoms with E-state index in [0.717, 1.165) is 94.2 Å². The molecule has 0 bridgehead atoms. The molecule has 0 aliphatic rings. The van der Waals surface area contributed by atoms with Crippen LogP contribution in [0.2, 0.25) is 0 Å². The Labute approximate surface area is 287 Å². The molecule has 0 aliphatic carbocycles. The van der Waals surface area contributed by atoms with Gasteiger partial charge in [0.05, 0.1) is 11.4 Å². The highest BCUT2D eigenvalue weighted by atomic mass is 16.3. The van der Waals surface area contributed by atoms with Gasteiger partial charge in [-0.25, -0.2) is 9.97 Å². The average molecular weight is 642 g/mol.